The Balaban J connectivity index is 1.45. The van der Waals surface area contributed by atoms with Crippen LogP contribution in [0.5, 0.6) is 0 Å². The van der Waals surface area contributed by atoms with Crippen molar-refractivity contribution in [2.75, 3.05) is 42.9 Å². The Morgan fingerprint density at radius 1 is 1.07 bits per heavy atom. The van der Waals surface area contributed by atoms with Gasteiger partial charge < -0.3 is 15.5 Å². The third-order valence-corrected chi connectivity index (χ3v) is 7.42. The van der Waals surface area contributed by atoms with Crippen molar-refractivity contribution in [3.05, 3.63) is 58.1 Å². The second-order valence-electron chi connectivity index (χ2n) is 10.8. The Morgan fingerprint density at radius 2 is 1.76 bits per heavy atom. The van der Waals surface area contributed by atoms with E-state index >= 15 is 8.78 Å². The van der Waals surface area contributed by atoms with Gasteiger partial charge in [-0.15, -0.1) is 0 Å². The largest absolute Gasteiger partial charge is 0.390 e. The number of urea groups is 1. The van der Waals surface area contributed by atoms with E-state index in [1.807, 2.05) is 18.7 Å². The minimum Gasteiger partial charge on any atom is -0.367 e. The van der Waals surface area contributed by atoms with Crippen LogP contribution in [0.3, 0.4) is 0 Å². The summed E-state index contributed by atoms with van der Waals surface area (Å²) in [6, 6.07) is 5.35. The lowest BCUT2D eigenvalue weighted by atomic mass is 10.0. The van der Waals surface area contributed by atoms with Crippen molar-refractivity contribution in [1.82, 2.24) is 15.1 Å². The predicted octanol–water partition coefficient (Wildman–Crippen LogP) is 5.41. The number of hydrogen-bond donors (Lipinski definition) is 2. The van der Waals surface area contributed by atoms with Gasteiger partial charge in [0.05, 0.1) is 29.9 Å². The summed E-state index contributed by atoms with van der Waals surface area (Å²) in [7, 11) is 0. The van der Waals surface area contributed by atoms with Gasteiger partial charge in [0.2, 0.25) is 0 Å². The van der Waals surface area contributed by atoms with E-state index in [0.29, 0.717) is 43.3 Å². The number of rotatable bonds is 9. The first-order chi connectivity index (χ1) is 19.7. The first-order valence-electron chi connectivity index (χ1n) is 13.5. The zero-order valence-electron chi connectivity index (χ0n) is 23.0. The van der Waals surface area contributed by atoms with Crippen molar-refractivity contribution >= 4 is 40.8 Å². The molecule has 0 aromatic heterocycles. The van der Waals surface area contributed by atoms with E-state index < -0.39 is 60.2 Å². The number of benzene rings is 2. The molecule has 0 radical (unpaired) electrons. The standard InChI is InChI=1S/C28H31ClF5N5O3/c1-16(2)13-21-26(41)39(27(42)36-21)15-17-3-5-19(24(31)23(17)30)25(40)35-20-6-4-18(29)14-22(20)38-11-9-37(10-12-38)8-7-28(32,33)34/h3-6,14,16,21H,7-13,15H2,1-2H3,(H,35,40)(H,36,42). The van der Waals surface area contributed by atoms with E-state index in [1.165, 1.54) is 12.1 Å². The molecule has 42 heavy (non-hydrogen) atoms. The summed E-state index contributed by atoms with van der Waals surface area (Å²) in [5.41, 5.74) is -0.122. The molecule has 0 aliphatic carbocycles. The van der Waals surface area contributed by atoms with Crippen LogP contribution >= 0.6 is 11.6 Å². The summed E-state index contributed by atoms with van der Waals surface area (Å²) in [6.07, 6.45) is -4.75. The minimum atomic E-state index is -4.24. The van der Waals surface area contributed by atoms with Gasteiger partial charge in [-0.2, -0.15) is 13.2 Å². The highest BCUT2D eigenvalue weighted by molar-refractivity contribution is 6.31. The van der Waals surface area contributed by atoms with Crippen molar-refractivity contribution in [3.8, 4) is 0 Å². The molecule has 8 nitrogen and oxygen atoms in total. The smallest absolute Gasteiger partial charge is 0.367 e. The SMILES string of the molecule is CC(C)CC1NC(=O)N(Cc2ccc(C(=O)Nc3ccc(Cl)cc3N3CCN(CCC(F)(F)F)CC3)c(F)c2F)C1=O. The van der Waals surface area contributed by atoms with Crippen molar-refractivity contribution in [2.45, 2.75) is 45.5 Å². The van der Waals surface area contributed by atoms with Crippen LogP contribution in [0, 0.1) is 17.6 Å². The maximum Gasteiger partial charge on any atom is 0.390 e. The highest BCUT2D eigenvalue weighted by atomic mass is 35.5. The van der Waals surface area contributed by atoms with Crippen LogP contribution in [-0.4, -0.2) is 72.6 Å². The molecule has 4 amide bonds. The van der Waals surface area contributed by atoms with Crippen LogP contribution < -0.4 is 15.5 Å². The maximum atomic E-state index is 15.1. The highest BCUT2D eigenvalue weighted by Crippen LogP contribution is 2.32. The van der Waals surface area contributed by atoms with E-state index in [0.717, 1.165) is 17.0 Å². The molecule has 4 rings (SSSR count). The number of halogens is 6. The number of nitrogens with one attached hydrogen (secondary N) is 2. The van der Waals surface area contributed by atoms with Crippen LogP contribution in [0.15, 0.2) is 30.3 Å². The fraction of sp³-hybridized carbons (Fsp3) is 0.464. The second-order valence-corrected chi connectivity index (χ2v) is 11.2. The third kappa shape index (κ3) is 7.49. The molecule has 2 aromatic rings. The van der Waals surface area contributed by atoms with E-state index in [-0.39, 0.29) is 23.7 Å². The Labute approximate surface area is 244 Å². The van der Waals surface area contributed by atoms with Gasteiger partial charge in [-0.25, -0.2) is 13.6 Å². The van der Waals surface area contributed by atoms with E-state index in [1.54, 1.807) is 11.0 Å². The molecular formula is C28H31ClF5N5O3. The van der Waals surface area contributed by atoms with E-state index in [4.69, 9.17) is 11.6 Å². The zero-order chi connectivity index (χ0) is 30.8. The summed E-state index contributed by atoms with van der Waals surface area (Å²) < 4.78 is 67.9. The quantitative estimate of drug-likeness (QED) is 0.291. The van der Waals surface area contributed by atoms with Gasteiger partial charge in [-0.05, 0) is 36.6 Å². The van der Waals surface area contributed by atoms with E-state index in [9.17, 15) is 27.6 Å². The van der Waals surface area contributed by atoms with Gasteiger partial charge in [0.15, 0.2) is 11.6 Å². The molecule has 0 saturated carbocycles. The predicted molar refractivity (Wildman–Crippen MR) is 147 cm³/mol. The topological polar surface area (TPSA) is 85.0 Å². The summed E-state index contributed by atoms with van der Waals surface area (Å²) in [5.74, 6) is -4.16. The van der Waals surface area contributed by atoms with Crippen molar-refractivity contribution in [3.63, 3.8) is 0 Å². The van der Waals surface area contributed by atoms with E-state index in [2.05, 4.69) is 10.6 Å². The summed E-state index contributed by atoms with van der Waals surface area (Å²) in [5, 5.41) is 5.46. The summed E-state index contributed by atoms with van der Waals surface area (Å²) in [4.78, 5) is 42.3. The van der Waals surface area contributed by atoms with Crippen molar-refractivity contribution in [2.24, 2.45) is 5.92 Å². The number of amides is 4. The zero-order valence-corrected chi connectivity index (χ0v) is 23.8. The highest BCUT2D eigenvalue weighted by Gasteiger charge is 2.38. The molecule has 2 N–H and O–H groups in total. The van der Waals surface area contributed by atoms with Crippen LogP contribution in [-0.2, 0) is 11.3 Å². The maximum absolute atomic E-state index is 15.1. The molecule has 228 valence electrons. The number of carbonyl (C=O) groups excluding carboxylic acids is 3. The van der Waals surface area contributed by atoms with Gasteiger partial charge in [-0.3, -0.25) is 19.4 Å². The fourth-order valence-electron chi connectivity index (χ4n) is 4.97. The third-order valence-electron chi connectivity index (χ3n) is 7.18. The Kier molecular flexibility index (Phi) is 9.61. The van der Waals surface area contributed by atoms with Gasteiger partial charge in [0.1, 0.15) is 6.04 Å². The molecule has 0 spiro atoms. The Bertz CT molecular complexity index is 1350. The lowest BCUT2D eigenvalue weighted by Gasteiger charge is -2.37. The average Bonchev–Trinajstić information content (AvgIpc) is 3.17. The summed E-state index contributed by atoms with van der Waals surface area (Å²) >= 11 is 6.16. The molecule has 2 aliphatic heterocycles. The Morgan fingerprint density at radius 3 is 2.40 bits per heavy atom. The monoisotopic (exact) mass is 615 g/mol. The number of anilines is 2. The molecule has 1 atom stereocenters. The molecule has 2 fully saturated rings. The summed E-state index contributed by atoms with van der Waals surface area (Å²) in [6.45, 7) is 4.58. The molecule has 2 aromatic carbocycles. The molecule has 0 bridgehead atoms. The first kappa shape index (κ1) is 31.5. The van der Waals surface area contributed by atoms with Gasteiger partial charge in [0.25, 0.3) is 11.8 Å². The lowest BCUT2D eigenvalue weighted by Crippen LogP contribution is -2.47. The number of alkyl halides is 3. The second kappa shape index (κ2) is 12.8. The molecular weight excluding hydrogens is 585 g/mol. The van der Waals surface area contributed by atoms with Gasteiger partial charge in [0, 0.05) is 43.3 Å². The van der Waals surface area contributed by atoms with Crippen LogP contribution in [0.1, 0.15) is 42.6 Å². The fourth-order valence-corrected chi connectivity index (χ4v) is 5.14. The number of piperazine rings is 1. The van der Waals surface area contributed by atoms with Gasteiger partial charge in [-0.1, -0.05) is 31.5 Å². The lowest BCUT2D eigenvalue weighted by molar-refractivity contribution is -0.138. The number of nitrogens with zero attached hydrogens (tertiary/aromatic N) is 3. The van der Waals surface area contributed by atoms with Crippen LogP contribution in [0.25, 0.3) is 0 Å². The normalized spacial score (nSPS) is 18.2. The molecule has 2 heterocycles. The molecule has 1 unspecified atom stereocenters. The average molecular weight is 616 g/mol. The molecule has 2 saturated heterocycles. The first-order valence-corrected chi connectivity index (χ1v) is 13.8. The molecule has 2 aliphatic rings. The Hall–Kier alpha value is -3.45. The minimum absolute atomic E-state index is 0.119. The van der Waals surface area contributed by atoms with Gasteiger partial charge >= 0.3 is 12.2 Å². The van der Waals surface area contributed by atoms with Crippen molar-refractivity contribution in [1.29, 1.82) is 0 Å². The number of hydrogen-bond acceptors (Lipinski definition) is 5. The van der Waals surface area contributed by atoms with Crippen LogP contribution in [0.2, 0.25) is 5.02 Å². The molecule has 14 heteroatoms. The number of imide groups is 1. The number of carbonyl (C=O) groups is 3. The van der Waals surface area contributed by atoms with Crippen LogP contribution in [0.4, 0.5) is 38.1 Å². The van der Waals surface area contributed by atoms with Crippen molar-refractivity contribution < 1.29 is 36.3 Å².